The summed E-state index contributed by atoms with van der Waals surface area (Å²) in [6.07, 6.45) is 0.839. The number of ether oxygens (including phenoxy) is 1. The number of rotatable bonds is 3. The molecule has 0 N–H and O–H groups in total. The minimum Gasteiger partial charge on any atom is -0.457 e. The molecule has 0 aromatic heterocycles. The van der Waals surface area contributed by atoms with E-state index in [1.807, 2.05) is 32.0 Å². The van der Waals surface area contributed by atoms with Gasteiger partial charge in [-0.2, -0.15) is 0 Å². The molecule has 2 aromatic rings. The maximum Gasteiger partial charge on any atom is 0.150 e. The molecule has 2 rings (SSSR count). The van der Waals surface area contributed by atoms with Gasteiger partial charge >= 0.3 is 0 Å². The zero-order valence-corrected chi connectivity index (χ0v) is 11.0. The van der Waals surface area contributed by atoms with Crippen molar-refractivity contribution in [2.75, 3.05) is 0 Å². The maximum absolute atomic E-state index is 10.7. The van der Waals surface area contributed by atoms with Crippen LogP contribution in [0.4, 0.5) is 0 Å². The van der Waals surface area contributed by atoms with Gasteiger partial charge in [-0.15, -0.1) is 0 Å². The second-order valence-electron chi connectivity index (χ2n) is 4.15. The van der Waals surface area contributed by atoms with Gasteiger partial charge in [0.15, 0.2) is 0 Å². The van der Waals surface area contributed by atoms with E-state index in [1.54, 1.807) is 18.2 Å². The van der Waals surface area contributed by atoms with Crippen LogP contribution in [0.3, 0.4) is 0 Å². The van der Waals surface area contributed by atoms with Crippen LogP contribution >= 0.6 is 11.6 Å². The highest BCUT2D eigenvalue weighted by molar-refractivity contribution is 6.31. The Kier molecular flexibility index (Phi) is 3.68. The lowest BCUT2D eigenvalue weighted by Gasteiger charge is -2.08. The fourth-order valence-corrected chi connectivity index (χ4v) is 1.78. The summed E-state index contributed by atoms with van der Waals surface area (Å²) in [7, 11) is 0. The molecule has 0 radical (unpaired) electrons. The van der Waals surface area contributed by atoms with Gasteiger partial charge in [-0.3, -0.25) is 4.79 Å². The summed E-state index contributed by atoms with van der Waals surface area (Å²) in [5.74, 6) is 1.44. The number of benzene rings is 2. The SMILES string of the molecule is Cc1cc(Oc2ccc(C=O)c(C)c2)ccc1Cl. The molecule has 0 aliphatic carbocycles. The third-order valence-electron chi connectivity index (χ3n) is 2.73. The maximum atomic E-state index is 10.7. The molecule has 0 aliphatic rings. The number of hydrogen-bond acceptors (Lipinski definition) is 2. The molecule has 3 heteroatoms. The highest BCUT2D eigenvalue weighted by Gasteiger charge is 2.03. The normalized spacial score (nSPS) is 10.2. The number of aldehydes is 1. The lowest BCUT2D eigenvalue weighted by Crippen LogP contribution is -1.89. The zero-order chi connectivity index (χ0) is 13.1. The van der Waals surface area contributed by atoms with Gasteiger partial charge in [0.1, 0.15) is 17.8 Å². The van der Waals surface area contributed by atoms with Crippen molar-refractivity contribution < 1.29 is 9.53 Å². The van der Waals surface area contributed by atoms with Crippen molar-refractivity contribution in [3.8, 4) is 11.5 Å². The van der Waals surface area contributed by atoms with Crippen LogP contribution in [0.25, 0.3) is 0 Å². The Morgan fingerprint density at radius 1 is 1.00 bits per heavy atom. The lowest BCUT2D eigenvalue weighted by molar-refractivity contribution is 0.112. The Morgan fingerprint density at radius 2 is 1.61 bits per heavy atom. The van der Waals surface area contributed by atoms with E-state index in [9.17, 15) is 4.79 Å². The van der Waals surface area contributed by atoms with Crippen molar-refractivity contribution in [2.24, 2.45) is 0 Å². The quantitative estimate of drug-likeness (QED) is 0.756. The molecule has 0 amide bonds. The molecule has 0 bridgehead atoms. The second-order valence-corrected chi connectivity index (χ2v) is 4.56. The van der Waals surface area contributed by atoms with Crippen LogP contribution < -0.4 is 4.74 Å². The summed E-state index contributed by atoms with van der Waals surface area (Å²) in [5.41, 5.74) is 2.54. The van der Waals surface area contributed by atoms with Crippen molar-refractivity contribution in [1.82, 2.24) is 0 Å². The summed E-state index contributed by atoms with van der Waals surface area (Å²) in [6, 6.07) is 10.9. The number of carbonyl (C=O) groups excluding carboxylic acids is 1. The molecule has 2 nitrogen and oxygen atoms in total. The molecule has 2 aromatic carbocycles. The Bertz CT molecular complexity index is 591. The van der Waals surface area contributed by atoms with Gasteiger partial charge in [0.25, 0.3) is 0 Å². The highest BCUT2D eigenvalue weighted by Crippen LogP contribution is 2.26. The largest absolute Gasteiger partial charge is 0.457 e. The summed E-state index contributed by atoms with van der Waals surface area (Å²) in [4.78, 5) is 10.7. The molecule has 0 spiro atoms. The molecule has 0 fully saturated rings. The van der Waals surface area contributed by atoms with Gasteiger partial charge in [-0.1, -0.05) is 11.6 Å². The first-order valence-electron chi connectivity index (χ1n) is 5.60. The van der Waals surface area contributed by atoms with E-state index in [2.05, 4.69) is 0 Å². The molecule has 0 aliphatic heterocycles. The van der Waals surface area contributed by atoms with E-state index in [0.717, 1.165) is 28.2 Å². The Hall–Kier alpha value is -1.80. The first-order chi connectivity index (χ1) is 8.60. The number of hydrogen-bond donors (Lipinski definition) is 0. The molecule has 92 valence electrons. The lowest BCUT2D eigenvalue weighted by atomic mass is 10.1. The average molecular weight is 261 g/mol. The Balaban J connectivity index is 2.25. The van der Waals surface area contributed by atoms with Crippen molar-refractivity contribution >= 4 is 17.9 Å². The fraction of sp³-hybridized carbons (Fsp3) is 0.133. The van der Waals surface area contributed by atoms with Gasteiger partial charge in [0.05, 0.1) is 0 Å². The highest BCUT2D eigenvalue weighted by atomic mass is 35.5. The molecule has 0 saturated carbocycles. The zero-order valence-electron chi connectivity index (χ0n) is 10.2. The molecule has 18 heavy (non-hydrogen) atoms. The average Bonchev–Trinajstić information content (AvgIpc) is 2.34. The van der Waals surface area contributed by atoms with Gasteiger partial charge in [0.2, 0.25) is 0 Å². The minimum absolute atomic E-state index is 0.676. The van der Waals surface area contributed by atoms with Crippen LogP contribution in [0.2, 0.25) is 5.02 Å². The Morgan fingerprint density at radius 3 is 2.17 bits per heavy atom. The number of halogens is 1. The van der Waals surface area contributed by atoms with E-state index in [0.29, 0.717) is 11.3 Å². The molecule has 0 saturated heterocycles. The summed E-state index contributed by atoms with van der Waals surface area (Å²) in [6.45, 7) is 3.81. The smallest absolute Gasteiger partial charge is 0.150 e. The topological polar surface area (TPSA) is 26.3 Å². The van der Waals surface area contributed by atoms with Crippen molar-refractivity contribution in [1.29, 1.82) is 0 Å². The second kappa shape index (κ2) is 5.23. The predicted octanol–water partition coefficient (Wildman–Crippen LogP) is 4.56. The molecule has 0 atom stereocenters. The van der Waals surface area contributed by atoms with E-state index in [4.69, 9.17) is 16.3 Å². The van der Waals surface area contributed by atoms with Crippen LogP contribution in [-0.2, 0) is 0 Å². The summed E-state index contributed by atoms with van der Waals surface area (Å²) >= 11 is 5.95. The van der Waals surface area contributed by atoms with Crippen LogP contribution in [0.5, 0.6) is 11.5 Å². The standard InChI is InChI=1S/C15H13ClO2/c1-10-7-13(4-3-12(10)9-17)18-14-5-6-15(16)11(2)8-14/h3-9H,1-2H3. The molecular weight excluding hydrogens is 248 g/mol. The molecular formula is C15H13ClO2. The monoisotopic (exact) mass is 260 g/mol. The van der Waals surface area contributed by atoms with Crippen LogP contribution in [0, 0.1) is 13.8 Å². The van der Waals surface area contributed by atoms with Gasteiger partial charge in [-0.25, -0.2) is 0 Å². The van der Waals surface area contributed by atoms with E-state index < -0.39 is 0 Å². The number of carbonyl (C=O) groups is 1. The van der Waals surface area contributed by atoms with Crippen LogP contribution in [0.15, 0.2) is 36.4 Å². The third-order valence-corrected chi connectivity index (χ3v) is 3.16. The van der Waals surface area contributed by atoms with Crippen LogP contribution in [0.1, 0.15) is 21.5 Å². The molecule has 0 unspecified atom stereocenters. The van der Waals surface area contributed by atoms with Crippen molar-refractivity contribution in [3.63, 3.8) is 0 Å². The van der Waals surface area contributed by atoms with Gasteiger partial charge in [-0.05, 0) is 61.4 Å². The summed E-state index contributed by atoms with van der Waals surface area (Å²) < 4.78 is 5.72. The third kappa shape index (κ3) is 2.71. The van der Waals surface area contributed by atoms with E-state index in [-0.39, 0.29) is 0 Å². The Labute approximate surface area is 111 Å². The van der Waals surface area contributed by atoms with Crippen molar-refractivity contribution in [2.45, 2.75) is 13.8 Å². The summed E-state index contributed by atoms with van der Waals surface area (Å²) in [5, 5.41) is 0.717. The van der Waals surface area contributed by atoms with Gasteiger partial charge in [0, 0.05) is 10.6 Å². The number of aryl methyl sites for hydroxylation is 2. The van der Waals surface area contributed by atoms with Gasteiger partial charge < -0.3 is 4.74 Å². The predicted molar refractivity (Wildman–Crippen MR) is 72.8 cm³/mol. The first kappa shape index (κ1) is 12.7. The first-order valence-corrected chi connectivity index (χ1v) is 5.98. The minimum atomic E-state index is 0.676. The van der Waals surface area contributed by atoms with Crippen LogP contribution in [-0.4, -0.2) is 6.29 Å². The van der Waals surface area contributed by atoms with E-state index >= 15 is 0 Å². The molecule has 0 heterocycles. The van der Waals surface area contributed by atoms with Crippen molar-refractivity contribution in [3.05, 3.63) is 58.1 Å². The fourth-order valence-electron chi connectivity index (χ4n) is 1.66. The van der Waals surface area contributed by atoms with E-state index in [1.165, 1.54) is 0 Å².